The van der Waals surface area contributed by atoms with Crippen molar-refractivity contribution in [3.05, 3.63) is 42.1 Å². The number of likely N-dealkylation sites (tertiary alicyclic amines) is 1. The predicted octanol–water partition coefficient (Wildman–Crippen LogP) is 2.89. The minimum Gasteiger partial charge on any atom is -0.454 e. The summed E-state index contributed by atoms with van der Waals surface area (Å²) in [5.41, 5.74) is 1.01. The molecule has 2 aliphatic heterocycles. The van der Waals surface area contributed by atoms with Crippen LogP contribution in [0.1, 0.15) is 30.1 Å². The maximum Gasteiger partial charge on any atom is 0.409 e. The van der Waals surface area contributed by atoms with E-state index in [9.17, 15) is 14.4 Å². The van der Waals surface area contributed by atoms with Crippen molar-refractivity contribution in [3.63, 3.8) is 0 Å². The number of fused-ring (bicyclic) bond motifs is 1. The quantitative estimate of drug-likeness (QED) is 0.574. The Hall–Kier alpha value is -3.47. The molecule has 0 unspecified atom stereocenters. The van der Waals surface area contributed by atoms with Crippen LogP contribution in [0.25, 0.3) is 0 Å². The molecule has 0 saturated carbocycles. The number of carbonyl (C=O) groups excluding carboxylic acids is 3. The number of nitrogens with zero attached hydrogens (tertiary/aromatic N) is 2. The van der Waals surface area contributed by atoms with Gasteiger partial charge >= 0.3 is 6.09 Å². The molecule has 0 spiro atoms. The molecule has 2 aromatic rings. The molecule has 180 valence electrons. The third kappa shape index (κ3) is 5.90. The summed E-state index contributed by atoms with van der Waals surface area (Å²) < 4.78 is 15.6. The zero-order valence-corrected chi connectivity index (χ0v) is 19.6. The molecular weight excluding hydrogens is 460 g/mol. The Bertz CT molecular complexity index is 1060. The number of carbonyl (C=O) groups is 3. The molecule has 2 aliphatic rings. The molecule has 0 radical (unpaired) electrons. The van der Waals surface area contributed by atoms with Gasteiger partial charge in [-0.15, -0.1) is 0 Å². The fourth-order valence-electron chi connectivity index (χ4n) is 3.67. The average molecular weight is 487 g/mol. The van der Waals surface area contributed by atoms with Crippen LogP contribution >= 0.6 is 11.8 Å². The summed E-state index contributed by atoms with van der Waals surface area (Å²) in [6.07, 6.45) is 2.56. The van der Waals surface area contributed by atoms with Crippen LogP contribution in [0, 0.1) is 0 Å². The van der Waals surface area contributed by atoms with Gasteiger partial charge in [-0.25, -0.2) is 9.78 Å². The Morgan fingerprint density at radius 2 is 1.97 bits per heavy atom. The maximum absolute atomic E-state index is 12.9. The van der Waals surface area contributed by atoms with E-state index < -0.39 is 0 Å². The molecule has 1 aromatic heterocycles. The topological polar surface area (TPSA) is 119 Å². The molecule has 1 aromatic carbocycles. The highest BCUT2D eigenvalue weighted by molar-refractivity contribution is 8.00. The van der Waals surface area contributed by atoms with E-state index in [2.05, 4.69) is 15.6 Å². The van der Waals surface area contributed by atoms with Crippen LogP contribution in [-0.2, 0) is 9.53 Å². The van der Waals surface area contributed by atoms with E-state index in [-0.39, 0.29) is 36.5 Å². The highest BCUT2D eigenvalue weighted by atomic mass is 32.2. The highest BCUT2D eigenvalue weighted by Gasteiger charge is 2.25. The Balaban J connectivity index is 1.29. The average Bonchev–Trinajstić information content (AvgIpc) is 3.31. The van der Waals surface area contributed by atoms with Crippen LogP contribution in [0.15, 0.2) is 41.6 Å². The number of hydrogen-bond acceptors (Lipinski definition) is 8. The molecule has 11 heteroatoms. The minimum absolute atomic E-state index is 0.0504. The number of pyridine rings is 1. The van der Waals surface area contributed by atoms with Gasteiger partial charge in [0.05, 0.1) is 17.9 Å². The van der Waals surface area contributed by atoms with Gasteiger partial charge in [-0.05, 0) is 44.0 Å². The van der Waals surface area contributed by atoms with Crippen LogP contribution in [0.2, 0.25) is 0 Å². The van der Waals surface area contributed by atoms with Crippen LogP contribution in [-0.4, -0.2) is 66.1 Å². The Kier molecular flexibility index (Phi) is 7.73. The van der Waals surface area contributed by atoms with E-state index in [1.165, 1.54) is 11.8 Å². The number of anilines is 1. The first-order valence-electron chi connectivity index (χ1n) is 11.0. The van der Waals surface area contributed by atoms with E-state index in [0.717, 1.165) is 0 Å². The SMILES string of the molecule is CCOC(=O)N1CCC(NC(=O)c2cccnc2SCC(=O)Nc2ccc3c(c2)OCO3)CC1. The number of amides is 3. The smallest absolute Gasteiger partial charge is 0.409 e. The van der Waals surface area contributed by atoms with Crippen LogP contribution in [0.3, 0.4) is 0 Å². The van der Waals surface area contributed by atoms with Gasteiger partial charge in [0.25, 0.3) is 5.91 Å². The van der Waals surface area contributed by atoms with Crippen molar-refractivity contribution >= 4 is 35.4 Å². The molecule has 3 amide bonds. The first-order chi connectivity index (χ1) is 16.5. The zero-order chi connectivity index (χ0) is 23.9. The summed E-state index contributed by atoms with van der Waals surface area (Å²) in [5.74, 6) is 0.836. The lowest BCUT2D eigenvalue weighted by molar-refractivity contribution is -0.113. The van der Waals surface area contributed by atoms with Crippen molar-refractivity contribution in [2.24, 2.45) is 0 Å². The van der Waals surface area contributed by atoms with Crippen molar-refractivity contribution in [2.45, 2.75) is 30.8 Å². The van der Waals surface area contributed by atoms with Gasteiger partial charge in [-0.2, -0.15) is 0 Å². The minimum atomic E-state index is -0.322. The third-order valence-corrected chi connectivity index (χ3v) is 6.37. The molecule has 0 bridgehead atoms. The summed E-state index contributed by atoms with van der Waals surface area (Å²) >= 11 is 1.19. The number of thioether (sulfide) groups is 1. The van der Waals surface area contributed by atoms with E-state index in [0.29, 0.717) is 60.3 Å². The number of aromatic nitrogens is 1. The number of ether oxygens (including phenoxy) is 3. The largest absolute Gasteiger partial charge is 0.454 e. The predicted molar refractivity (Wildman–Crippen MR) is 125 cm³/mol. The fourth-order valence-corrected chi connectivity index (χ4v) is 4.46. The molecule has 3 heterocycles. The van der Waals surface area contributed by atoms with Crippen LogP contribution in [0.4, 0.5) is 10.5 Å². The number of nitrogens with one attached hydrogen (secondary N) is 2. The lowest BCUT2D eigenvalue weighted by Crippen LogP contribution is -2.46. The van der Waals surface area contributed by atoms with Crippen LogP contribution in [0.5, 0.6) is 11.5 Å². The Morgan fingerprint density at radius 3 is 2.76 bits per heavy atom. The molecule has 34 heavy (non-hydrogen) atoms. The standard InChI is InChI=1S/C23H26N4O6S/c1-2-31-23(30)27-10-7-15(8-11-27)26-21(29)17-4-3-9-24-22(17)34-13-20(28)25-16-5-6-18-19(12-16)33-14-32-18/h3-6,9,12,15H,2,7-8,10-11,13-14H2,1H3,(H,25,28)(H,26,29). The molecule has 0 atom stereocenters. The molecule has 1 fully saturated rings. The number of benzene rings is 1. The fraction of sp³-hybridized carbons (Fsp3) is 0.391. The van der Waals surface area contributed by atoms with Crippen molar-refractivity contribution < 1.29 is 28.6 Å². The van der Waals surface area contributed by atoms with Gasteiger partial charge in [0.2, 0.25) is 12.7 Å². The maximum atomic E-state index is 12.9. The molecule has 0 aliphatic carbocycles. The lowest BCUT2D eigenvalue weighted by Gasteiger charge is -2.31. The van der Waals surface area contributed by atoms with Gasteiger partial charge in [0, 0.05) is 37.1 Å². The van der Waals surface area contributed by atoms with Crippen molar-refractivity contribution in [1.29, 1.82) is 0 Å². The number of hydrogen-bond donors (Lipinski definition) is 2. The molecule has 4 rings (SSSR count). The molecule has 10 nitrogen and oxygen atoms in total. The first kappa shape index (κ1) is 23.7. The Labute approximate surface area is 201 Å². The number of piperidine rings is 1. The molecule has 2 N–H and O–H groups in total. The van der Waals surface area contributed by atoms with Crippen molar-refractivity contribution in [1.82, 2.24) is 15.2 Å². The summed E-state index contributed by atoms with van der Waals surface area (Å²) in [6, 6.07) is 8.51. The molecular formula is C23H26N4O6S. The number of rotatable bonds is 7. The second kappa shape index (κ2) is 11.1. The van der Waals surface area contributed by atoms with Gasteiger partial charge in [-0.3, -0.25) is 9.59 Å². The van der Waals surface area contributed by atoms with Gasteiger partial charge in [-0.1, -0.05) is 11.8 Å². The van der Waals surface area contributed by atoms with Gasteiger partial charge in [0.1, 0.15) is 5.03 Å². The summed E-state index contributed by atoms with van der Waals surface area (Å²) in [6.45, 7) is 3.33. The van der Waals surface area contributed by atoms with Gasteiger partial charge in [0.15, 0.2) is 11.5 Å². The zero-order valence-electron chi connectivity index (χ0n) is 18.7. The summed E-state index contributed by atoms with van der Waals surface area (Å²) in [5, 5.41) is 6.31. The first-order valence-corrected chi connectivity index (χ1v) is 12.0. The molecule has 1 saturated heterocycles. The highest BCUT2D eigenvalue weighted by Crippen LogP contribution is 2.34. The Morgan fingerprint density at radius 1 is 1.18 bits per heavy atom. The van der Waals surface area contributed by atoms with Crippen molar-refractivity contribution in [3.8, 4) is 11.5 Å². The van der Waals surface area contributed by atoms with Crippen LogP contribution < -0.4 is 20.1 Å². The van der Waals surface area contributed by atoms with E-state index in [1.54, 1.807) is 48.4 Å². The lowest BCUT2D eigenvalue weighted by atomic mass is 10.0. The third-order valence-electron chi connectivity index (χ3n) is 5.37. The second-order valence-electron chi connectivity index (χ2n) is 7.69. The van der Waals surface area contributed by atoms with Crippen molar-refractivity contribution in [2.75, 3.05) is 37.6 Å². The summed E-state index contributed by atoms with van der Waals surface area (Å²) in [4.78, 5) is 43.1. The summed E-state index contributed by atoms with van der Waals surface area (Å²) in [7, 11) is 0. The van der Waals surface area contributed by atoms with E-state index >= 15 is 0 Å². The normalized spacial score (nSPS) is 15.0. The van der Waals surface area contributed by atoms with Gasteiger partial charge < -0.3 is 29.7 Å². The second-order valence-corrected chi connectivity index (χ2v) is 8.66. The monoisotopic (exact) mass is 486 g/mol. The van der Waals surface area contributed by atoms with E-state index in [4.69, 9.17) is 14.2 Å². The van der Waals surface area contributed by atoms with E-state index in [1.807, 2.05) is 0 Å².